The summed E-state index contributed by atoms with van der Waals surface area (Å²) in [6.07, 6.45) is 4.10. The van der Waals surface area contributed by atoms with E-state index in [0.717, 1.165) is 0 Å². The van der Waals surface area contributed by atoms with E-state index in [1.165, 1.54) is 0 Å². The van der Waals surface area contributed by atoms with Crippen LogP contribution in [0.4, 0.5) is 10.5 Å². The highest BCUT2D eigenvalue weighted by Gasteiger charge is 2.26. The summed E-state index contributed by atoms with van der Waals surface area (Å²) < 4.78 is 11.4. The maximum atomic E-state index is 12.0. The van der Waals surface area contributed by atoms with Crippen LogP contribution in [0.5, 0.6) is 0 Å². The maximum Gasteiger partial charge on any atom is 0.319 e. The molecule has 0 heterocycles. The highest BCUT2D eigenvalue weighted by molar-refractivity contribution is 7.84. The van der Waals surface area contributed by atoms with Gasteiger partial charge in [0, 0.05) is 33.7 Å². The smallest absolute Gasteiger partial charge is 0.319 e. The number of aliphatic carboxylic acids is 1. The molecule has 0 aromatic heterocycles. The van der Waals surface area contributed by atoms with E-state index in [2.05, 4.69) is 10.6 Å². The van der Waals surface area contributed by atoms with Crippen LogP contribution in [0.2, 0.25) is 0 Å². The monoisotopic (exact) mass is 324 g/mol. The van der Waals surface area contributed by atoms with Gasteiger partial charge in [-0.3, -0.25) is 9.00 Å². The molecule has 1 saturated carbocycles. The third-order valence-electron chi connectivity index (χ3n) is 3.84. The van der Waals surface area contributed by atoms with Gasteiger partial charge in [-0.15, -0.1) is 0 Å². The Morgan fingerprint density at radius 2 is 1.91 bits per heavy atom. The Hall–Kier alpha value is -1.89. The number of amides is 2. The van der Waals surface area contributed by atoms with Gasteiger partial charge in [0.1, 0.15) is 0 Å². The molecule has 7 heteroatoms. The lowest BCUT2D eigenvalue weighted by Gasteiger charge is -2.26. The molecule has 1 atom stereocenters. The van der Waals surface area contributed by atoms with E-state index >= 15 is 0 Å². The molecule has 0 aliphatic heterocycles. The number of nitrogens with one attached hydrogen (secondary N) is 2. The van der Waals surface area contributed by atoms with E-state index < -0.39 is 16.8 Å². The molecule has 22 heavy (non-hydrogen) atoms. The second-order valence-electron chi connectivity index (χ2n) is 5.47. The van der Waals surface area contributed by atoms with E-state index in [-0.39, 0.29) is 18.0 Å². The molecule has 1 aromatic carbocycles. The summed E-state index contributed by atoms with van der Waals surface area (Å²) >= 11 is 0. The Kier molecular flexibility index (Phi) is 5.54. The van der Waals surface area contributed by atoms with Gasteiger partial charge in [-0.1, -0.05) is 6.07 Å². The van der Waals surface area contributed by atoms with Crippen molar-refractivity contribution >= 4 is 28.5 Å². The van der Waals surface area contributed by atoms with Crippen LogP contribution in [0.3, 0.4) is 0 Å². The van der Waals surface area contributed by atoms with Gasteiger partial charge in [0.05, 0.1) is 5.92 Å². The molecule has 0 saturated heterocycles. The Morgan fingerprint density at radius 3 is 2.50 bits per heavy atom. The molecule has 0 bridgehead atoms. The Balaban J connectivity index is 1.85. The number of hydrogen-bond donors (Lipinski definition) is 3. The van der Waals surface area contributed by atoms with Crippen molar-refractivity contribution in [2.24, 2.45) is 5.92 Å². The number of rotatable bonds is 4. The van der Waals surface area contributed by atoms with Crippen molar-refractivity contribution in [1.29, 1.82) is 0 Å². The van der Waals surface area contributed by atoms with E-state index in [1.807, 2.05) is 0 Å². The lowest BCUT2D eigenvalue weighted by molar-refractivity contribution is -0.142. The maximum absolute atomic E-state index is 12.0. The minimum absolute atomic E-state index is 0.000843. The van der Waals surface area contributed by atoms with Gasteiger partial charge in [0.15, 0.2) is 0 Å². The average Bonchev–Trinajstić information content (AvgIpc) is 2.47. The van der Waals surface area contributed by atoms with Gasteiger partial charge in [-0.05, 0) is 43.9 Å². The van der Waals surface area contributed by atoms with Crippen LogP contribution in [0.25, 0.3) is 0 Å². The summed E-state index contributed by atoms with van der Waals surface area (Å²) in [5.41, 5.74) is 0.587. The fourth-order valence-electron chi connectivity index (χ4n) is 2.59. The molecule has 120 valence electrons. The van der Waals surface area contributed by atoms with Gasteiger partial charge >= 0.3 is 12.0 Å². The molecule has 1 fully saturated rings. The molecule has 0 spiro atoms. The number of anilines is 1. The third kappa shape index (κ3) is 4.56. The normalized spacial score (nSPS) is 22.6. The predicted molar refractivity (Wildman–Crippen MR) is 84.3 cm³/mol. The number of carboxylic acid groups (broad SMARTS) is 1. The zero-order valence-corrected chi connectivity index (χ0v) is 13.2. The van der Waals surface area contributed by atoms with Crippen molar-refractivity contribution in [2.75, 3.05) is 11.6 Å². The lowest BCUT2D eigenvalue weighted by Crippen LogP contribution is -2.40. The van der Waals surface area contributed by atoms with Crippen LogP contribution in [0.15, 0.2) is 29.2 Å². The molecular formula is C15H20N2O4S. The largest absolute Gasteiger partial charge is 0.481 e. The molecule has 2 amide bonds. The molecule has 1 aliphatic carbocycles. The molecular weight excluding hydrogens is 304 g/mol. The van der Waals surface area contributed by atoms with Crippen LogP contribution in [0.1, 0.15) is 25.7 Å². The van der Waals surface area contributed by atoms with Crippen LogP contribution >= 0.6 is 0 Å². The first-order chi connectivity index (χ1) is 10.5. The second kappa shape index (κ2) is 7.40. The van der Waals surface area contributed by atoms with E-state index in [9.17, 15) is 13.8 Å². The van der Waals surface area contributed by atoms with E-state index in [1.54, 1.807) is 30.5 Å². The summed E-state index contributed by atoms with van der Waals surface area (Å²) in [7, 11) is -1.10. The summed E-state index contributed by atoms with van der Waals surface area (Å²) in [6.45, 7) is 0. The van der Waals surface area contributed by atoms with Crippen molar-refractivity contribution < 1.29 is 18.9 Å². The van der Waals surface area contributed by atoms with Crippen LogP contribution in [-0.4, -0.2) is 33.6 Å². The highest BCUT2D eigenvalue weighted by Crippen LogP contribution is 2.24. The van der Waals surface area contributed by atoms with Crippen LogP contribution in [-0.2, 0) is 15.6 Å². The summed E-state index contributed by atoms with van der Waals surface area (Å²) in [5.74, 6) is -1.05. The van der Waals surface area contributed by atoms with Crippen molar-refractivity contribution in [1.82, 2.24) is 5.32 Å². The fraction of sp³-hybridized carbons (Fsp3) is 0.467. The fourth-order valence-corrected chi connectivity index (χ4v) is 3.15. The van der Waals surface area contributed by atoms with Gasteiger partial charge < -0.3 is 15.7 Å². The zero-order chi connectivity index (χ0) is 16.1. The van der Waals surface area contributed by atoms with Crippen molar-refractivity contribution in [2.45, 2.75) is 36.6 Å². The molecule has 6 nitrogen and oxygen atoms in total. The van der Waals surface area contributed by atoms with E-state index in [0.29, 0.717) is 36.3 Å². The quantitative estimate of drug-likeness (QED) is 0.791. The number of carbonyl (C=O) groups excluding carboxylic acids is 1. The molecule has 2 rings (SSSR count). The van der Waals surface area contributed by atoms with Crippen LogP contribution in [0, 0.1) is 5.92 Å². The minimum Gasteiger partial charge on any atom is -0.481 e. The number of hydrogen-bond acceptors (Lipinski definition) is 3. The average molecular weight is 324 g/mol. The molecule has 1 aliphatic rings. The van der Waals surface area contributed by atoms with E-state index in [4.69, 9.17) is 5.11 Å². The predicted octanol–water partition coefficient (Wildman–Crippen LogP) is 2.19. The highest BCUT2D eigenvalue weighted by atomic mass is 32.2. The topological polar surface area (TPSA) is 95.5 Å². The minimum atomic E-state index is -1.10. The lowest BCUT2D eigenvalue weighted by atomic mass is 9.86. The molecule has 1 unspecified atom stereocenters. The number of urea groups is 1. The first-order valence-electron chi connectivity index (χ1n) is 7.19. The first kappa shape index (κ1) is 16.5. The van der Waals surface area contributed by atoms with Gasteiger partial charge in [0.25, 0.3) is 0 Å². The number of carboxylic acids is 1. The second-order valence-corrected chi connectivity index (χ2v) is 6.85. The summed E-state index contributed by atoms with van der Waals surface area (Å²) in [4.78, 5) is 23.5. The number of carbonyl (C=O) groups is 2. The molecule has 3 N–H and O–H groups in total. The van der Waals surface area contributed by atoms with Gasteiger partial charge in [0.2, 0.25) is 0 Å². The van der Waals surface area contributed by atoms with Crippen molar-refractivity contribution in [3.8, 4) is 0 Å². The Labute approximate surface area is 131 Å². The molecule has 0 radical (unpaired) electrons. The van der Waals surface area contributed by atoms with Crippen molar-refractivity contribution in [3.05, 3.63) is 24.3 Å². The van der Waals surface area contributed by atoms with Crippen molar-refractivity contribution in [3.63, 3.8) is 0 Å². The van der Waals surface area contributed by atoms with Crippen LogP contribution < -0.4 is 10.6 Å². The SMILES string of the molecule is CS(=O)c1cccc(NC(=O)NC2CCC(C(=O)O)CC2)c1. The zero-order valence-electron chi connectivity index (χ0n) is 12.4. The summed E-state index contributed by atoms with van der Waals surface area (Å²) in [5, 5.41) is 14.5. The number of benzene rings is 1. The first-order valence-corrected chi connectivity index (χ1v) is 8.75. The standard InChI is InChI=1S/C15H20N2O4S/c1-22(21)13-4-2-3-12(9-13)17-15(20)16-11-7-5-10(6-8-11)14(18)19/h2-4,9-11H,5-8H2,1H3,(H,18,19)(H2,16,17,20). The Morgan fingerprint density at radius 1 is 1.23 bits per heavy atom. The summed E-state index contributed by atoms with van der Waals surface area (Å²) in [6, 6.07) is 6.57. The van der Waals surface area contributed by atoms with Gasteiger partial charge in [-0.2, -0.15) is 0 Å². The Bertz CT molecular complexity index is 583. The third-order valence-corrected chi connectivity index (χ3v) is 4.75. The van der Waals surface area contributed by atoms with Gasteiger partial charge in [-0.25, -0.2) is 4.79 Å². The molecule has 1 aromatic rings.